The molecule has 26 heavy (non-hydrogen) atoms. The van der Waals surface area contributed by atoms with Crippen molar-refractivity contribution >= 4 is 17.2 Å². The fourth-order valence-corrected chi connectivity index (χ4v) is 4.24. The minimum Gasteiger partial charge on any atom is -0.493 e. The molecule has 1 saturated carbocycles. The first kappa shape index (κ1) is 18.7. The van der Waals surface area contributed by atoms with Gasteiger partial charge in [-0.25, -0.2) is 4.98 Å². The zero-order valence-electron chi connectivity index (χ0n) is 15.2. The van der Waals surface area contributed by atoms with Crippen LogP contribution in [0, 0.1) is 0 Å². The predicted octanol–water partition coefficient (Wildman–Crippen LogP) is 2.76. The summed E-state index contributed by atoms with van der Waals surface area (Å²) in [6.45, 7) is 0.493. The minimum atomic E-state index is -0.223. The second kappa shape index (κ2) is 8.05. The zero-order valence-corrected chi connectivity index (χ0v) is 16.0. The van der Waals surface area contributed by atoms with E-state index in [0.29, 0.717) is 18.0 Å². The SMILES string of the molecule is COc1ccc(-c2nc(CC(=O)NC3(CN)CCCC3)cs2)cc1OC. The molecule has 0 atom stereocenters. The predicted molar refractivity (Wildman–Crippen MR) is 103 cm³/mol. The van der Waals surface area contributed by atoms with E-state index in [1.54, 1.807) is 14.2 Å². The molecule has 1 aromatic carbocycles. The fraction of sp³-hybridized carbons (Fsp3) is 0.474. The third-order valence-corrected chi connectivity index (χ3v) is 5.82. The van der Waals surface area contributed by atoms with E-state index in [1.807, 2.05) is 23.6 Å². The van der Waals surface area contributed by atoms with E-state index >= 15 is 0 Å². The largest absolute Gasteiger partial charge is 0.493 e. The van der Waals surface area contributed by atoms with E-state index in [9.17, 15) is 4.79 Å². The van der Waals surface area contributed by atoms with Gasteiger partial charge in [0.15, 0.2) is 11.5 Å². The Kier molecular flexibility index (Phi) is 5.78. The smallest absolute Gasteiger partial charge is 0.226 e. The van der Waals surface area contributed by atoms with Gasteiger partial charge in [0.2, 0.25) is 5.91 Å². The molecule has 1 aliphatic rings. The lowest BCUT2D eigenvalue weighted by atomic mass is 9.97. The first-order valence-electron chi connectivity index (χ1n) is 8.77. The number of hydrogen-bond acceptors (Lipinski definition) is 6. The van der Waals surface area contributed by atoms with Gasteiger partial charge < -0.3 is 20.5 Å². The van der Waals surface area contributed by atoms with Crippen LogP contribution in [-0.2, 0) is 11.2 Å². The van der Waals surface area contributed by atoms with Crippen LogP contribution in [0.3, 0.4) is 0 Å². The number of nitrogens with two attached hydrogens (primary N) is 1. The van der Waals surface area contributed by atoms with Crippen LogP contribution in [0.1, 0.15) is 31.4 Å². The third-order valence-electron chi connectivity index (χ3n) is 4.88. The molecule has 0 bridgehead atoms. The van der Waals surface area contributed by atoms with Crippen molar-refractivity contribution in [3.8, 4) is 22.1 Å². The van der Waals surface area contributed by atoms with Gasteiger partial charge in [-0.1, -0.05) is 12.8 Å². The second-order valence-electron chi connectivity index (χ2n) is 6.63. The number of hydrogen-bond donors (Lipinski definition) is 2. The van der Waals surface area contributed by atoms with E-state index in [-0.39, 0.29) is 17.9 Å². The average Bonchev–Trinajstić information content (AvgIpc) is 3.31. The lowest BCUT2D eigenvalue weighted by Gasteiger charge is -2.28. The van der Waals surface area contributed by atoms with Crippen LogP contribution in [0.2, 0.25) is 0 Å². The van der Waals surface area contributed by atoms with Crippen molar-refractivity contribution < 1.29 is 14.3 Å². The molecule has 0 saturated heterocycles. The number of ether oxygens (including phenoxy) is 2. The first-order chi connectivity index (χ1) is 12.6. The number of nitrogens with one attached hydrogen (secondary N) is 1. The van der Waals surface area contributed by atoms with Crippen molar-refractivity contribution in [3.63, 3.8) is 0 Å². The number of aromatic nitrogens is 1. The number of nitrogens with zero attached hydrogens (tertiary/aromatic N) is 1. The Labute approximate surface area is 157 Å². The van der Waals surface area contributed by atoms with Gasteiger partial charge in [-0.05, 0) is 31.0 Å². The molecule has 6 nitrogen and oxygen atoms in total. The Hall–Kier alpha value is -2.12. The van der Waals surface area contributed by atoms with Crippen molar-refractivity contribution in [1.29, 1.82) is 0 Å². The number of methoxy groups -OCH3 is 2. The van der Waals surface area contributed by atoms with Gasteiger partial charge in [0.05, 0.1) is 31.9 Å². The lowest BCUT2D eigenvalue weighted by molar-refractivity contribution is -0.122. The van der Waals surface area contributed by atoms with Crippen LogP contribution in [0.25, 0.3) is 10.6 Å². The summed E-state index contributed by atoms with van der Waals surface area (Å²) in [6.07, 6.45) is 4.44. The Bertz CT molecular complexity index is 769. The molecule has 1 aromatic heterocycles. The summed E-state index contributed by atoms with van der Waals surface area (Å²) in [5.41, 5.74) is 7.37. The highest BCUT2D eigenvalue weighted by molar-refractivity contribution is 7.13. The van der Waals surface area contributed by atoms with Gasteiger partial charge in [0, 0.05) is 17.5 Å². The van der Waals surface area contributed by atoms with Crippen LogP contribution < -0.4 is 20.5 Å². The van der Waals surface area contributed by atoms with Gasteiger partial charge in [0.1, 0.15) is 5.01 Å². The van der Waals surface area contributed by atoms with E-state index in [1.165, 1.54) is 11.3 Å². The Balaban J connectivity index is 1.69. The minimum absolute atomic E-state index is 0.0125. The summed E-state index contributed by atoms with van der Waals surface area (Å²) in [4.78, 5) is 17.0. The molecule has 1 heterocycles. The summed E-state index contributed by atoms with van der Waals surface area (Å²) in [5.74, 6) is 1.32. The molecule has 0 radical (unpaired) electrons. The summed E-state index contributed by atoms with van der Waals surface area (Å²) >= 11 is 1.51. The number of carbonyl (C=O) groups excluding carboxylic acids is 1. The van der Waals surface area contributed by atoms with E-state index in [0.717, 1.165) is 41.9 Å². The van der Waals surface area contributed by atoms with Gasteiger partial charge in [-0.2, -0.15) is 0 Å². The fourth-order valence-electron chi connectivity index (χ4n) is 3.43. The number of thiazole rings is 1. The molecule has 1 fully saturated rings. The zero-order chi connectivity index (χ0) is 18.6. The van der Waals surface area contributed by atoms with Crippen molar-refractivity contribution in [2.24, 2.45) is 5.73 Å². The average molecular weight is 375 g/mol. The van der Waals surface area contributed by atoms with E-state index in [2.05, 4.69) is 10.3 Å². The highest BCUT2D eigenvalue weighted by Gasteiger charge is 2.33. The molecule has 3 N–H and O–H groups in total. The summed E-state index contributed by atoms with van der Waals surface area (Å²) in [5, 5.41) is 5.91. The van der Waals surface area contributed by atoms with Crippen LogP contribution in [-0.4, -0.2) is 37.2 Å². The molecular weight excluding hydrogens is 350 g/mol. The lowest BCUT2D eigenvalue weighted by Crippen LogP contribution is -2.52. The van der Waals surface area contributed by atoms with Crippen LogP contribution in [0.15, 0.2) is 23.6 Å². The Morgan fingerprint density at radius 3 is 2.65 bits per heavy atom. The molecule has 2 aromatic rings. The van der Waals surface area contributed by atoms with Gasteiger partial charge in [0.25, 0.3) is 0 Å². The van der Waals surface area contributed by atoms with Crippen LogP contribution >= 0.6 is 11.3 Å². The van der Waals surface area contributed by atoms with Gasteiger partial charge in [-0.15, -0.1) is 11.3 Å². The maximum absolute atomic E-state index is 12.4. The molecule has 0 unspecified atom stereocenters. The normalized spacial score (nSPS) is 15.7. The van der Waals surface area contributed by atoms with E-state index in [4.69, 9.17) is 15.2 Å². The molecular formula is C19H25N3O3S. The van der Waals surface area contributed by atoms with Crippen molar-refractivity contribution in [2.45, 2.75) is 37.6 Å². The molecule has 0 spiro atoms. The summed E-state index contributed by atoms with van der Waals surface area (Å²) in [6, 6.07) is 5.68. The number of benzene rings is 1. The monoisotopic (exact) mass is 375 g/mol. The maximum Gasteiger partial charge on any atom is 0.226 e. The second-order valence-corrected chi connectivity index (χ2v) is 7.49. The Morgan fingerprint density at radius 1 is 1.27 bits per heavy atom. The van der Waals surface area contributed by atoms with Gasteiger partial charge >= 0.3 is 0 Å². The van der Waals surface area contributed by atoms with Gasteiger partial charge in [-0.3, -0.25) is 4.79 Å². The Morgan fingerprint density at radius 2 is 2.00 bits per heavy atom. The molecule has 1 amide bonds. The summed E-state index contributed by atoms with van der Waals surface area (Å²) in [7, 11) is 3.21. The number of rotatable bonds is 7. The van der Waals surface area contributed by atoms with Crippen molar-refractivity contribution in [1.82, 2.24) is 10.3 Å². The molecule has 7 heteroatoms. The standard InChI is InChI=1S/C19H25N3O3S/c1-24-15-6-5-13(9-16(15)25-2)18-21-14(11-26-18)10-17(23)22-19(12-20)7-3-4-8-19/h5-6,9,11H,3-4,7-8,10,12,20H2,1-2H3,(H,22,23). The third kappa shape index (κ3) is 3.99. The topological polar surface area (TPSA) is 86.5 Å². The highest BCUT2D eigenvalue weighted by Crippen LogP contribution is 2.33. The molecule has 140 valence electrons. The summed E-state index contributed by atoms with van der Waals surface area (Å²) < 4.78 is 10.6. The number of amides is 1. The quantitative estimate of drug-likeness (QED) is 0.777. The van der Waals surface area contributed by atoms with Crippen molar-refractivity contribution in [3.05, 3.63) is 29.3 Å². The van der Waals surface area contributed by atoms with E-state index < -0.39 is 0 Å². The molecule has 1 aliphatic carbocycles. The maximum atomic E-state index is 12.4. The molecule has 3 rings (SSSR count). The molecule has 0 aliphatic heterocycles. The van der Waals surface area contributed by atoms with Crippen molar-refractivity contribution in [2.75, 3.05) is 20.8 Å². The van der Waals surface area contributed by atoms with Crippen LogP contribution in [0.4, 0.5) is 0 Å². The number of carbonyl (C=O) groups is 1. The highest BCUT2D eigenvalue weighted by atomic mass is 32.1. The first-order valence-corrected chi connectivity index (χ1v) is 9.65. The van der Waals surface area contributed by atoms with Crippen LogP contribution in [0.5, 0.6) is 11.5 Å².